The Morgan fingerprint density at radius 3 is 2.69 bits per heavy atom. The van der Waals surface area contributed by atoms with Crippen LogP contribution in [-0.2, 0) is 4.79 Å². The second-order valence-corrected chi connectivity index (χ2v) is 5.58. The molecule has 1 aliphatic heterocycles. The molecule has 1 amide bonds. The van der Waals surface area contributed by atoms with Crippen molar-refractivity contribution in [2.45, 2.75) is 6.42 Å². The average molecular weight is 357 g/mol. The van der Waals surface area contributed by atoms with Crippen LogP contribution < -0.4 is 24.3 Å². The first-order valence-electron chi connectivity index (χ1n) is 8.15. The Bertz CT molecular complexity index is 805. The predicted octanol–water partition coefficient (Wildman–Crippen LogP) is 2.69. The molecule has 0 aromatic heterocycles. The number of hydrogen-bond donors (Lipinski definition) is 1. The van der Waals surface area contributed by atoms with Gasteiger partial charge in [0, 0.05) is 23.7 Å². The number of aldehydes is 1. The Kier molecular flexibility index (Phi) is 5.58. The summed E-state index contributed by atoms with van der Waals surface area (Å²) in [5.41, 5.74) is 1.05. The minimum absolute atomic E-state index is 0.203. The van der Waals surface area contributed by atoms with E-state index in [1.807, 2.05) is 0 Å². The molecule has 1 N–H and O–H groups in total. The standard InChI is InChI=1S/C19H19NO6/c1-23-17-9-13(11-21)3-5-15(17)26-12-19(22)20-14-4-6-16-18(10-14)25-8-2-7-24-16/h3-6,9-11H,2,7-8,12H2,1H3,(H,20,22). The summed E-state index contributed by atoms with van der Waals surface area (Å²) in [5, 5.41) is 2.75. The van der Waals surface area contributed by atoms with Gasteiger partial charge >= 0.3 is 0 Å². The highest BCUT2D eigenvalue weighted by molar-refractivity contribution is 5.92. The Labute approximate surface area is 150 Å². The van der Waals surface area contributed by atoms with Crippen LogP contribution in [0.5, 0.6) is 23.0 Å². The molecule has 1 aliphatic rings. The van der Waals surface area contributed by atoms with E-state index < -0.39 is 0 Å². The molecule has 2 aromatic carbocycles. The summed E-state index contributed by atoms with van der Waals surface area (Å²) in [6.07, 6.45) is 1.53. The SMILES string of the molecule is COc1cc(C=O)ccc1OCC(=O)Nc1ccc2c(c1)OCCCO2. The maximum Gasteiger partial charge on any atom is 0.262 e. The fraction of sp³-hybridized carbons (Fsp3) is 0.263. The molecule has 0 atom stereocenters. The number of carbonyl (C=O) groups is 2. The lowest BCUT2D eigenvalue weighted by molar-refractivity contribution is -0.118. The van der Waals surface area contributed by atoms with Gasteiger partial charge in [-0.25, -0.2) is 0 Å². The van der Waals surface area contributed by atoms with E-state index in [0.717, 1.165) is 6.42 Å². The van der Waals surface area contributed by atoms with Gasteiger partial charge < -0.3 is 24.3 Å². The lowest BCUT2D eigenvalue weighted by atomic mass is 10.2. The lowest BCUT2D eigenvalue weighted by Gasteiger charge is -2.12. The van der Waals surface area contributed by atoms with E-state index >= 15 is 0 Å². The number of amides is 1. The van der Waals surface area contributed by atoms with Crippen LogP contribution in [0.1, 0.15) is 16.8 Å². The van der Waals surface area contributed by atoms with E-state index in [2.05, 4.69) is 5.32 Å². The van der Waals surface area contributed by atoms with Crippen LogP contribution in [0.4, 0.5) is 5.69 Å². The van der Waals surface area contributed by atoms with Gasteiger partial charge in [-0.2, -0.15) is 0 Å². The Morgan fingerprint density at radius 1 is 1.12 bits per heavy atom. The van der Waals surface area contributed by atoms with Crippen LogP contribution in [0, 0.1) is 0 Å². The minimum Gasteiger partial charge on any atom is -0.493 e. The highest BCUT2D eigenvalue weighted by Crippen LogP contribution is 2.32. The monoisotopic (exact) mass is 357 g/mol. The maximum absolute atomic E-state index is 12.1. The van der Waals surface area contributed by atoms with Crippen LogP contribution in [0.3, 0.4) is 0 Å². The van der Waals surface area contributed by atoms with Gasteiger partial charge in [-0.1, -0.05) is 0 Å². The van der Waals surface area contributed by atoms with E-state index in [0.29, 0.717) is 53.7 Å². The number of benzene rings is 2. The van der Waals surface area contributed by atoms with Crippen molar-refractivity contribution < 1.29 is 28.5 Å². The summed E-state index contributed by atoms with van der Waals surface area (Å²) in [4.78, 5) is 22.9. The van der Waals surface area contributed by atoms with Crippen molar-refractivity contribution in [1.82, 2.24) is 0 Å². The summed E-state index contributed by atoms with van der Waals surface area (Å²) in [5.74, 6) is 1.70. The van der Waals surface area contributed by atoms with Crippen molar-refractivity contribution in [3.05, 3.63) is 42.0 Å². The van der Waals surface area contributed by atoms with Gasteiger partial charge in [-0.15, -0.1) is 0 Å². The number of ether oxygens (including phenoxy) is 4. The van der Waals surface area contributed by atoms with Crippen LogP contribution in [0.25, 0.3) is 0 Å². The molecule has 7 nitrogen and oxygen atoms in total. The molecule has 0 fully saturated rings. The van der Waals surface area contributed by atoms with E-state index in [-0.39, 0.29) is 12.5 Å². The molecule has 136 valence electrons. The highest BCUT2D eigenvalue weighted by Gasteiger charge is 2.13. The lowest BCUT2D eigenvalue weighted by Crippen LogP contribution is -2.20. The molecule has 0 bridgehead atoms. The zero-order valence-electron chi connectivity index (χ0n) is 14.3. The molecule has 2 aromatic rings. The van der Waals surface area contributed by atoms with Gasteiger partial charge in [0.05, 0.1) is 20.3 Å². The molecular weight excluding hydrogens is 338 g/mol. The largest absolute Gasteiger partial charge is 0.493 e. The number of fused-ring (bicyclic) bond motifs is 1. The molecule has 3 rings (SSSR count). The van der Waals surface area contributed by atoms with E-state index in [9.17, 15) is 9.59 Å². The first-order valence-corrected chi connectivity index (χ1v) is 8.15. The highest BCUT2D eigenvalue weighted by atomic mass is 16.5. The second kappa shape index (κ2) is 8.24. The molecule has 0 unspecified atom stereocenters. The number of methoxy groups -OCH3 is 1. The van der Waals surface area contributed by atoms with Crippen LogP contribution in [0.15, 0.2) is 36.4 Å². The third-order valence-electron chi connectivity index (χ3n) is 3.71. The molecule has 26 heavy (non-hydrogen) atoms. The van der Waals surface area contributed by atoms with Crippen LogP contribution in [0.2, 0.25) is 0 Å². The quantitative estimate of drug-likeness (QED) is 0.801. The van der Waals surface area contributed by atoms with Crippen LogP contribution >= 0.6 is 0 Å². The molecule has 0 saturated carbocycles. The fourth-order valence-corrected chi connectivity index (χ4v) is 2.46. The molecule has 0 radical (unpaired) electrons. The van der Waals surface area contributed by atoms with E-state index in [1.54, 1.807) is 36.4 Å². The van der Waals surface area contributed by atoms with Crippen molar-refractivity contribution in [2.75, 3.05) is 32.2 Å². The van der Waals surface area contributed by atoms with Crippen molar-refractivity contribution in [3.8, 4) is 23.0 Å². The first kappa shape index (κ1) is 17.6. The molecule has 0 spiro atoms. The van der Waals surface area contributed by atoms with Crippen molar-refractivity contribution in [2.24, 2.45) is 0 Å². The zero-order valence-corrected chi connectivity index (χ0v) is 14.3. The summed E-state index contributed by atoms with van der Waals surface area (Å²) in [6, 6.07) is 9.95. The number of nitrogens with one attached hydrogen (secondary N) is 1. The van der Waals surface area contributed by atoms with E-state index in [4.69, 9.17) is 18.9 Å². The summed E-state index contributed by atoms with van der Waals surface area (Å²) < 4.78 is 21.8. The van der Waals surface area contributed by atoms with Crippen molar-refractivity contribution in [1.29, 1.82) is 0 Å². The topological polar surface area (TPSA) is 83.1 Å². The fourth-order valence-electron chi connectivity index (χ4n) is 2.46. The van der Waals surface area contributed by atoms with Crippen molar-refractivity contribution in [3.63, 3.8) is 0 Å². The predicted molar refractivity (Wildman–Crippen MR) is 94.6 cm³/mol. The minimum atomic E-state index is -0.332. The average Bonchev–Trinajstić information content (AvgIpc) is 2.91. The zero-order chi connectivity index (χ0) is 18.4. The van der Waals surface area contributed by atoms with Gasteiger partial charge in [0.25, 0.3) is 5.91 Å². The number of carbonyl (C=O) groups excluding carboxylic acids is 2. The number of hydrogen-bond acceptors (Lipinski definition) is 6. The third-order valence-corrected chi connectivity index (χ3v) is 3.71. The van der Waals surface area contributed by atoms with Crippen molar-refractivity contribution >= 4 is 17.9 Å². The van der Waals surface area contributed by atoms with E-state index in [1.165, 1.54) is 7.11 Å². The summed E-state index contributed by atoms with van der Waals surface area (Å²) >= 11 is 0. The number of anilines is 1. The van der Waals surface area contributed by atoms with Gasteiger partial charge in [0.2, 0.25) is 0 Å². The van der Waals surface area contributed by atoms with Gasteiger partial charge in [0.15, 0.2) is 29.6 Å². The van der Waals surface area contributed by atoms with Gasteiger partial charge in [-0.3, -0.25) is 9.59 Å². The summed E-state index contributed by atoms with van der Waals surface area (Å²) in [7, 11) is 1.47. The molecular formula is C19H19NO6. The normalized spacial score (nSPS) is 12.7. The second-order valence-electron chi connectivity index (χ2n) is 5.58. The first-order chi connectivity index (χ1) is 12.7. The smallest absolute Gasteiger partial charge is 0.262 e. The Morgan fingerprint density at radius 2 is 1.92 bits per heavy atom. The third kappa shape index (κ3) is 4.24. The molecule has 0 aliphatic carbocycles. The number of rotatable bonds is 6. The molecule has 0 saturated heterocycles. The molecule has 1 heterocycles. The Balaban J connectivity index is 1.61. The molecule has 7 heteroatoms. The summed E-state index contributed by atoms with van der Waals surface area (Å²) in [6.45, 7) is 0.979. The van der Waals surface area contributed by atoms with Gasteiger partial charge in [-0.05, 0) is 30.3 Å². The Hall–Kier alpha value is -3.22. The van der Waals surface area contributed by atoms with Crippen LogP contribution in [-0.4, -0.2) is 39.1 Å². The van der Waals surface area contributed by atoms with Gasteiger partial charge in [0.1, 0.15) is 6.29 Å². The maximum atomic E-state index is 12.1.